The van der Waals surface area contributed by atoms with Crippen molar-refractivity contribution < 1.29 is 24.9 Å². The van der Waals surface area contributed by atoms with Gasteiger partial charge in [-0.1, -0.05) is 42.5 Å². The van der Waals surface area contributed by atoms with Gasteiger partial charge >= 0.3 is 0 Å². The molecule has 1 aliphatic rings. The molecule has 0 radical (unpaired) electrons. The third-order valence-corrected chi connectivity index (χ3v) is 5.63. The van der Waals surface area contributed by atoms with Gasteiger partial charge < -0.3 is 25.1 Å². The van der Waals surface area contributed by atoms with Crippen molar-refractivity contribution in [1.29, 1.82) is 0 Å². The number of aromatic hydroxyl groups is 3. The van der Waals surface area contributed by atoms with Gasteiger partial charge in [0.15, 0.2) is 17.2 Å². The van der Waals surface area contributed by atoms with E-state index in [1.807, 2.05) is 54.6 Å². The number of amides is 2. The first-order valence-electron chi connectivity index (χ1n) is 10.4. The van der Waals surface area contributed by atoms with Crippen molar-refractivity contribution in [3.8, 4) is 28.4 Å². The maximum absolute atomic E-state index is 13.0. The number of phenols is 3. The monoisotopic (exact) mass is 432 g/mol. The summed E-state index contributed by atoms with van der Waals surface area (Å²) >= 11 is 0. The summed E-state index contributed by atoms with van der Waals surface area (Å²) in [6.45, 7) is 1.67. The van der Waals surface area contributed by atoms with Gasteiger partial charge in [-0.2, -0.15) is 0 Å². The molecule has 32 heavy (non-hydrogen) atoms. The van der Waals surface area contributed by atoms with Crippen LogP contribution in [-0.4, -0.2) is 63.1 Å². The van der Waals surface area contributed by atoms with E-state index in [-0.39, 0.29) is 17.4 Å². The second kappa shape index (κ2) is 9.01. The molecule has 1 saturated heterocycles. The van der Waals surface area contributed by atoms with Gasteiger partial charge in [-0.25, -0.2) is 0 Å². The molecule has 1 heterocycles. The number of carbonyl (C=O) groups excluding carboxylic acids is 2. The third-order valence-electron chi connectivity index (χ3n) is 5.63. The van der Waals surface area contributed by atoms with Gasteiger partial charge in [0.05, 0.1) is 0 Å². The molecule has 7 heteroatoms. The number of hydrogen-bond acceptors (Lipinski definition) is 5. The van der Waals surface area contributed by atoms with Crippen LogP contribution in [0.15, 0.2) is 66.7 Å². The Balaban J connectivity index is 1.43. The van der Waals surface area contributed by atoms with E-state index >= 15 is 0 Å². The number of hydrogen-bond donors (Lipinski definition) is 3. The maximum Gasteiger partial charge on any atom is 0.254 e. The van der Waals surface area contributed by atoms with Crippen LogP contribution >= 0.6 is 0 Å². The van der Waals surface area contributed by atoms with Crippen molar-refractivity contribution in [2.45, 2.75) is 6.42 Å². The molecular weight excluding hydrogens is 408 g/mol. The molecule has 1 aliphatic heterocycles. The van der Waals surface area contributed by atoms with E-state index in [1.54, 1.807) is 9.80 Å². The maximum atomic E-state index is 13.0. The van der Waals surface area contributed by atoms with Crippen molar-refractivity contribution in [3.05, 3.63) is 77.9 Å². The van der Waals surface area contributed by atoms with Crippen LogP contribution in [-0.2, 0) is 0 Å². The molecule has 0 aromatic heterocycles. The predicted octanol–water partition coefficient (Wildman–Crippen LogP) is 3.46. The second-order valence-corrected chi connectivity index (χ2v) is 7.74. The summed E-state index contributed by atoms with van der Waals surface area (Å²) in [6.07, 6.45) is 0.607. The predicted molar refractivity (Wildman–Crippen MR) is 120 cm³/mol. The highest BCUT2D eigenvalue weighted by atomic mass is 16.3. The van der Waals surface area contributed by atoms with Crippen LogP contribution in [0, 0.1) is 0 Å². The van der Waals surface area contributed by atoms with Gasteiger partial charge in [-0.05, 0) is 41.8 Å². The lowest BCUT2D eigenvalue weighted by molar-refractivity contribution is 0.0718. The van der Waals surface area contributed by atoms with E-state index in [4.69, 9.17) is 0 Å². The van der Waals surface area contributed by atoms with Gasteiger partial charge in [0, 0.05) is 37.3 Å². The molecule has 3 aromatic carbocycles. The highest BCUT2D eigenvalue weighted by molar-refractivity contribution is 5.96. The summed E-state index contributed by atoms with van der Waals surface area (Å²) in [6, 6.07) is 19.7. The number of phenolic OH excluding ortho intramolecular Hbond substituents is 3. The van der Waals surface area contributed by atoms with Crippen molar-refractivity contribution in [3.63, 3.8) is 0 Å². The normalized spacial score (nSPS) is 14.1. The zero-order valence-corrected chi connectivity index (χ0v) is 17.4. The Morgan fingerprint density at radius 2 is 1.12 bits per heavy atom. The average molecular weight is 432 g/mol. The molecule has 3 N–H and O–H groups in total. The van der Waals surface area contributed by atoms with Crippen LogP contribution < -0.4 is 0 Å². The number of benzene rings is 3. The van der Waals surface area contributed by atoms with Crippen LogP contribution in [0.2, 0.25) is 0 Å². The van der Waals surface area contributed by atoms with Gasteiger partial charge in [0.25, 0.3) is 11.8 Å². The van der Waals surface area contributed by atoms with Crippen LogP contribution in [0.5, 0.6) is 17.2 Å². The van der Waals surface area contributed by atoms with E-state index in [9.17, 15) is 24.9 Å². The molecule has 0 bridgehead atoms. The smallest absolute Gasteiger partial charge is 0.254 e. The highest BCUT2D eigenvalue weighted by Gasteiger charge is 2.25. The molecule has 1 fully saturated rings. The van der Waals surface area contributed by atoms with Gasteiger partial charge in [0.2, 0.25) is 0 Å². The molecule has 0 spiro atoms. The van der Waals surface area contributed by atoms with E-state index < -0.39 is 17.2 Å². The van der Waals surface area contributed by atoms with E-state index in [1.165, 1.54) is 0 Å². The third kappa shape index (κ3) is 4.37. The van der Waals surface area contributed by atoms with Crippen LogP contribution in [0.3, 0.4) is 0 Å². The number of nitrogens with zero attached hydrogens (tertiary/aromatic N) is 2. The molecule has 3 aromatic rings. The van der Waals surface area contributed by atoms with E-state index in [0.717, 1.165) is 23.3 Å². The van der Waals surface area contributed by atoms with Crippen molar-refractivity contribution in [1.82, 2.24) is 9.80 Å². The lowest BCUT2D eigenvalue weighted by Crippen LogP contribution is -2.37. The van der Waals surface area contributed by atoms with Crippen molar-refractivity contribution >= 4 is 11.8 Å². The molecule has 164 valence electrons. The molecule has 0 saturated carbocycles. The van der Waals surface area contributed by atoms with Crippen LogP contribution in [0.4, 0.5) is 0 Å². The fourth-order valence-corrected chi connectivity index (χ4v) is 3.85. The standard InChI is InChI=1S/C25H24N2O5/c28-21-15-20(16-22(29)23(21)30)25(32)27-12-4-11-26(13-14-27)24(31)19-9-7-18(8-10-19)17-5-2-1-3-6-17/h1-3,5-10,15-16,28-30H,4,11-14H2. The van der Waals surface area contributed by atoms with E-state index in [0.29, 0.717) is 38.2 Å². The Labute approximate surface area is 185 Å². The molecule has 0 atom stereocenters. The summed E-state index contributed by atoms with van der Waals surface area (Å²) < 4.78 is 0. The fourth-order valence-electron chi connectivity index (χ4n) is 3.85. The van der Waals surface area contributed by atoms with Crippen molar-refractivity contribution in [2.75, 3.05) is 26.2 Å². The topological polar surface area (TPSA) is 101 Å². The summed E-state index contributed by atoms with van der Waals surface area (Å²) in [5.74, 6) is -2.23. The summed E-state index contributed by atoms with van der Waals surface area (Å²) in [5, 5.41) is 28.9. The first-order chi connectivity index (χ1) is 15.4. The zero-order valence-electron chi connectivity index (χ0n) is 17.4. The number of carbonyl (C=O) groups is 2. The second-order valence-electron chi connectivity index (χ2n) is 7.74. The molecule has 0 unspecified atom stereocenters. The minimum absolute atomic E-state index is 0.0778. The summed E-state index contributed by atoms with van der Waals surface area (Å²) in [4.78, 5) is 29.1. The Morgan fingerprint density at radius 3 is 1.69 bits per heavy atom. The van der Waals surface area contributed by atoms with Crippen LogP contribution in [0.25, 0.3) is 11.1 Å². The lowest BCUT2D eigenvalue weighted by atomic mass is 10.0. The zero-order chi connectivity index (χ0) is 22.7. The summed E-state index contributed by atoms with van der Waals surface area (Å²) in [5.41, 5.74) is 2.80. The molecule has 0 aliphatic carbocycles. The number of rotatable bonds is 3. The quantitative estimate of drug-likeness (QED) is 0.550. The Bertz CT molecular complexity index is 1110. The lowest BCUT2D eigenvalue weighted by Gasteiger charge is -2.22. The first-order valence-corrected chi connectivity index (χ1v) is 10.4. The SMILES string of the molecule is O=C(c1ccc(-c2ccccc2)cc1)N1CCCN(C(=O)c2cc(O)c(O)c(O)c2)CC1. The molecule has 7 nitrogen and oxygen atoms in total. The largest absolute Gasteiger partial charge is 0.504 e. The fraction of sp³-hybridized carbons (Fsp3) is 0.200. The molecule has 2 amide bonds. The van der Waals surface area contributed by atoms with Gasteiger partial charge in [-0.3, -0.25) is 9.59 Å². The Hall–Kier alpha value is -4.00. The minimum Gasteiger partial charge on any atom is -0.504 e. The van der Waals surface area contributed by atoms with E-state index in [2.05, 4.69) is 0 Å². The minimum atomic E-state index is -0.660. The van der Waals surface area contributed by atoms with Crippen LogP contribution in [0.1, 0.15) is 27.1 Å². The average Bonchev–Trinajstić information content (AvgIpc) is 3.08. The van der Waals surface area contributed by atoms with Gasteiger partial charge in [0.1, 0.15) is 0 Å². The Morgan fingerprint density at radius 1 is 0.625 bits per heavy atom. The molecular formula is C25H24N2O5. The molecule has 4 rings (SSSR count). The first kappa shape index (κ1) is 21.2. The summed E-state index contributed by atoms with van der Waals surface area (Å²) in [7, 11) is 0. The Kier molecular flexibility index (Phi) is 5.98. The van der Waals surface area contributed by atoms with Crippen molar-refractivity contribution in [2.24, 2.45) is 0 Å². The highest BCUT2D eigenvalue weighted by Crippen LogP contribution is 2.35. The van der Waals surface area contributed by atoms with Gasteiger partial charge in [-0.15, -0.1) is 0 Å².